The van der Waals surface area contributed by atoms with Crippen LogP contribution in [-0.2, 0) is 13.0 Å². The number of imidazole rings is 1. The van der Waals surface area contributed by atoms with E-state index in [-0.39, 0.29) is 0 Å². The van der Waals surface area contributed by atoms with Gasteiger partial charge in [0.05, 0.1) is 11.0 Å². The predicted octanol–water partition coefficient (Wildman–Crippen LogP) is 6.48. The first-order valence-corrected chi connectivity index (χ1v) is 9.81. The van der Waals surface area contributed by atoms with Crippen molar-refractivity contribution in [3.63, 3.8) is 0 Å². The van der Waals surface area contributed by atoms with Gasteiger partial charge in [-0.1, -0.05) is 84.4 Å². The summed E-state index contributed by atoms with van der Waals surface area (Å²) in [6.45, 7) is 0.776. The maximum Gasteiger partial charge on any atom is 0.114 e. The number of hydrogen-bond donors (Lipinski definition) is 0. The molecule has 0 unspecified atom stereocenters. The molecule has 1 aromatic heterocycles. The molecule has 0 saturated heterocycles. The molecule has 5 aromatic rings. The van der Waals surface area contributed by atoms with E-state index in [9.17, 15) is 0 Å². The second-order valence-corrected chi connectivity index (χ2v) is 7.48. The predicted molar refractivity (Wildman–Crippen MR) is 117 cm³/mol. The summed E-state index contributed by atoms with van der Waals surface area (Å²) in [6, 6.07) is 31.4. The van der Waals surface area contributed by atoms with E-state index < -0.39 is 0 Å². The molecular formula is C25H19ClN2. The van der Waals surface area contributed by atoms with Gasteiger partial charge in [-0.05, 0) is 40.1 Å². The van der Waals surface area contributed by atoms with Gasteiger partial charge in [-0.15, -0.1) is 0 Å². The van der Waals surface area contributed by atoms with E-state index in [1.165, 1.54) is 21.9 Å². The van der Waals surface area contributed by atoms with Crippen molar-refractivity contribution >= 4 is 33.4 Å². The zero-order valence-electron chi connectivity index (χ0n) is 15.3. The Morgan fingerprint density at radius 2 is 1.57 bits per heavy atom. The van der Waals surface area contributed by atoms with Crippen molar-refractivity contribution in [3.8, 4) is 0 Å². The van der Waals surface area contributed by atoms with Crippen molar-refractivity contribution in [3.05, 3.63) is 113 Å². The van der Waals surface area contributed by atoms with Crippen molar-refractivity contribution < 1.29 is 0 Å². The molecule has 5 rings (SSSR count). The summed E-state index contributed by atoms with van der Waals surface area (Å²) in [5.41, 5.74) is 4.59. The van der Waals surface area contributed by atoms with Crippen LogP contribution in [0.3, 0.4) is 0 Å². The minimum atomic E-state index is 0.735. The average Bonchev–Trinajstić information content (AvgIpc) is 3.05. The van der Waals surface area contributed by atoms with E-state index in [2.05, 4.69) is 71.3 Å². The lowest BCUT2D eigenvalue weighted by molar-refractivity contribution is 0.763. The molecule has 0 fully saturated rings. The van der Waals surface area contributed by atoms with Crippen LogP contribution in [0, 0.1) is 0 Å². The van der Waals surface area contributed by atoms with Crippen LogP contribution in [-0.4, -0.2) is 9.55 Å². The highest BCUT2D eigenvalue weighted by Crippen LogP contribution is 2.26. The maximum atomic E-state index is 6.30. The lowest BCUT2D eigenvalue weighted by atomic mass is 10.0. The molecule has 3 heteroatoms. The van der Waals surface area contributed by atoms with Crippen LogP contribution in [0.1, 0.15) is 17.0 Å². The number of rotatable bonds is 4. The zero-order valence-corrected chi connectivity index (χ0v) is 16.1. The molecule has 1 heterocycles. The molecule has 0 amide bonds. The van der Waals surface area contributed by atoms with Gasteiger partial charge in [0.2, 0.25) is 0 Å². The number of aromatic nitrogens is 2. The summed E-state index contributed by atoms with van der Waals surface area (Å²) in [7, 11) is 0. The van der Waals surface area contributed by atoms with E-state index in [1.807, 2.05) is 24.3 Å². The summed E-state index contributed by atoms with van der Waals surface area (Å²) >= 11 is 6.30. The van der Waals surface area contributed by atoms with Crippen LogP contribution in [0.15, 0.2) is 91.0 Å². The Kier molecular flexibility index (Phi) is 4.34. The van der Waals surface area contributed by atoms with Gasteiger partial charge in [0.25, 0.3) is 0 Å². The summed E-state index contributed by atoms with van der Waals surface area (Å²) < 4.78 is 2.29. The van der Waals surface area contributed by atoms with Gasteiger partial charge in [0, 0.05) is 18.0 Å². The molecule has 0 aliphatic rings. The van der Waals surface area contributed by atoms with Crippen LogP contribution >= 0.6 is 11.6 Å². The quantitative estimate of drug-likeness (QED) is 0.347. The highest BCUT2D eigenvalue weighted by Gasteiger charge is 2.13. The second-order valence-electron chi connectivity index (χ2n) is 7.05. The Bertz CT molecular complexity index is 1270. The standard InChI is InChI=1S/C25H19ClN2/c26-21-13-14-23-24(16-21)28(17-18-7-2-1-3-8-18)25(27-23)15-20-11-6-10-19-9-4-5-12-22(19)20/h1-14,16H,15,17H2. The first kappa shape index (κ1) is 17.0. The van der Waals surface area contributed by atoms with Gasteiger partial charge < -0.3 is 4.57 Å². The summed E-state index contributed by atoms with van der Waals surface area (Å²) in [4.78, 5) is 4.96. The van der Waals surface area contributed by atoms with E-state index in [0.717, 1.165) is 34.8 Å². The SMILES string of the molecule is Clc1ccc2nc(Cc3cccc4ccccc34)n(Cc3ccccc3)c2c1. The fraction of sp³-hybridized carbons (Fsp3) is 0.0800. The Balaban J connectivity index is 1.65. The molecule has 0 aliphatic carbocycles. The van der Waals surface area contributed by atoms with Crippen molar-refractivity contribution in [1.29, 1.82) is 0 Å². The fourth-order valence-electron chi connectivity index (χ4n) is 3.84. The number of halogens is 1. The second kappa shape index (κ2) is 7.14. The van der Waals surface area contributed by atoms with Crippen LogP contribution in [0.4, 0.5) is 0 Å². The van der Waals surface area contributed by atoms with E-state index in [1.54, 1.807) is 0 Å². The van der Waals surface area contributed by atoms with Crippen LogP contribution in [0.5, 0.6) is 0 Å². The third-order valence-corrected chi connectivity index (χ3v) is 5.44. The van der Waals surface area contributed by atoms with Crippen molar-refractivity contribution in [2.24, 2.45) is 0 Å². The molecule has 0 spiro atoms. The van der Waals surface area contributed by atoms with Crippen molar-refractivity contribution in [1.82, 2.24) is 9.55 Å². The van der Waals surface area contributed by atoms with E-state index in [4.69, 9.17) is 16.6 Å². The van der Waals surface area contributed by atoms with Crippen LogP contribution in [0.2, 0.25) is 5.02 Å². The molecule has 0 atom stereocenters. The number of benzene rings is 4. The number of nitrogens with zero attached hydrogens (tertiary/aromatic N) is 2. The highest BCUT2D eigenvalue weighted by molar-refractivity contribution is 6.31. The first-order valence-electron chi connectivity index (χ1n) is 9.43. The third-order valence-electron chi connectivity index (χ3n) is 5.20. The van der Waals surface area contributed by atoms with Gasteiger partial charge >= 0.3 is 0 Å². The van der Waals surface area contributed by atoms with Crippen molar-refractivity contribution in [2.45, 2.75) is 13.0 Å². The van der Waals surface area contributed by atoms with Gasteiger partial charge in [0.1, 0.15) is 5.82 Å². The molecule has 28 heavy (non-hydrogen) atoms. The average molecular weight is 383 g/mol. The summed E-state index contributed by atoms with van der Waals surface area (Å²) in [5, 5.41) is 3.27. The molecule has 0 saturated carbocycles. The topological polar surface area (TPSA) is 17.8 Å². The Morgan fingerprint density at radius 3 is 2.46 bits per heavy atom. The smallest absolute Gasteiger partial charge is 0.114 e. The molecule has 0 bridgehead atoms. The summed E-state index contributed by atoms with van der Waals surface area (Å²) in [6.07, 6.45) is 0.778. The maximum absolute atomic E-state index is 6.30. The highest BCUT2D eigenvalue weighted by atomic mass is 35.5. The monoisotopic (exact) mass is 382 g/mol. The zero-order chi connectivity index (χ0) is 18.9. The van der Waals surface area contributed by atoms with Gasteiger partial charge in [-0.25, -0.2) is 4.98 Å². The number of hydrogen-bond acceptors (Lipinski definition) is 1. The largest absolute Gasteiger partial charge is 0.323 e. The Hall–Kier alpha value is -3.10. The fourth-order valence-corrected chi connectivity index (χ4v) is 4.01. The molecule has 0 radical (unpaired) electrons. The minimum Gasteiger partial charge on any atom is -0.323 e. The summed E-state index contributed by atoms with van der Waals surface area (Å²) in [5.74, 6) is 1.05. The molecule has 2 nitrogen and oxygen atoms in total. The first-order chi connectivity index (χ1) is 13.8. The molecule has 136 valence electrons. The van der Waals surface area contributed by atoms with Crippen molar-refractivity contribution in [2.75, 3.05) is 0 Å². The van der Waals surface area contributed by atoms with Crippen LogP contribution < -0.4 is 0 Å². The molecule has 4 aromatic carbocycles. The van der Waals surface area contributed by atoms with E-state index >= 15 is 0 Å². The van der Waals surface area contributed by atoms with Gasteiger partial charge in [-0.3, -0.25) is 0 Å². The molecule has 0 aliphatic heterocycles. The van der Waals surface area contributed by atoms with Gasteiger partial charge in [-0.2, -0.15) is 0 Å². The Morgan fingerprint density at radius 1 is 0.786 bits per heavy atom. The molecular weight excluding hydrogens is 364 g/mol. The van der Waals surface area contributed by atoms with E-state index in [0.29, 0.717) is 0 Å². The minimum absolute atomic E-state index is 0.735. The van der Waals surface area contributed by atoms with Gasteiger partial charge in [0.15, 0.2) is 0 Å². The normalized spacial score (nSPS) is 11.3. The lowest BCUT2D eigenvalue weighted by Crippen LogP contribution is -2.06. The molecule has 0 N–H and O–H groups in total. The lowest BCUT2D eigenvalue weighted by Gasteiger charge is -2.11. The van der Waals surface area contributed by atoms with Crippen LogP contribution in [0.25, 0.3) is 21.8 Å². The third kappa shape index (κ3) is 3.17. The Labute approximate surface area is 169 Å². The number of fused-ring (bicyclic) bond motifs is 2.